The molecule has 1 aliphatic heterocycles. The van der Waals surface area contributed by atoms with Crippen LogP contribution in [0.5, 0.6) is 11.5 Å². The third-order valence-electron chi connectivity index (χ3n) is 5.47. The molecule has 1 aliphatic rings. The van der Waals surface area contributed by atoms with Gasteiger partial charge in [0.2, 0.25) is 5.91 Å². The molecule has 0 saturated carbocycles. The van der Waals surface area contributed by atoms with E-state index >= 15 is 0 Å². The summed E-state index contributed by atoms with van der Waals surface area (Å²) in [5, 5.41) is 0. The summed E-state index contributed by atoms with van der Waals surface area (Å²) in [6.45, 7) is 1.58. The van der Waals surface area contributed by atoms with E-state index in [2.05, 4.69) is 9.97 Å². The van der Waals surface area contributed by atoms with Gasteiger partial charge in [0.1, 0.15) is 5.75 Å². The summed E-state index contributed by atoms with van der Waals surface area (Å²) >= 11 is 1.50. The molecule has 32 heavy (non-hydrogen) atoms. The zero-order valence-corrected chi connectivity index (χ0v) is 18.1. The number of benzene rings is 1. The summed E-state index contributed by atoms with van der Waals surface area (Å²) in [5.41, 5.74) is 8.65. The lowest BCUT2D eigenvalue weighted by atomic mass is 10.2. The number of nitrogens with zero attached hydrogens (tertiary/aromatic N) is 3. The average molecular weight is 449 g/mol. The van der Waals surface area contributed by atoms with Gasteiger partial charge in [-0.15, -0.1) is 11.3 Å². The third kappa shape index (κ3) is 4.13. The summed E-state index contributed by atoms with van der Waals surface area (Å²) in [6, 6.07) is 12.0. The van der Waals surface area contributed by atoms with Crippen LogP contribution < -0.4 is 10.5 Å². The highest BCUT2D eigenvalue weighted by Crippen LogP contribution is 2.39. The van der Waals surface area contributed by atoms with Gasteiger partial charge in [0.25, 0.3) is 0 Å². The SMILES string of the molecule is Nc1ccc(Oc2ccnc3cc(-c4ccc(CCN5CCCC5=O)cn4)sc23)c(F)c1. The van der Waals surface area contributed by atoms with Crippen LogP contribution in [-0.4, -0.2) is 33.9 Å². The number of nitrogen functional groups attached to an aromatic ring is 1. The maximum atomic E-state index is 14.2. The van der Waals surface area contributed by atoms with Gasteiger partial charge in [0.05, 0.1) is 20.8 Å². The lowest BCUT2D eigenvalue weighted by Crippen LogP contribution is -2.26. The molecule has 1 saturated heterocycles. The van der Waals surface area contributed by atoms with E-state index in [0.29, 0.717) is 17.9 Å². The molecule has 0 radical (unpaired) electrons. The van der Waals surface area contributed by atoms with Crippen molar-refractivity contribution in [3.8, 4) is 22.1 Å². The van der Waals surface area contributed by atoms with Crippen LogP contribution in [0.1, 0.15) is 18.4 Å². The third-order valence-corrected chi connectivity index (χ3v) is 6.63. The zero-order valence-electron chi connectivity index (χ0n) is 17.3. The highest BCUT2D eigenvalue weighted by molar-refractivity contribution is 7.22. The summed E-state index contributed by atoms with van der Waals surface area (Å²) in [4.78, 5) is 23.7. The van der Waals surface area contributed by atoms with Gasteiger partial charge in [0.15, 0.2) is 11.6 Å². The molecule has 0 unspecified atom stereocenters. The first-order valence-corrected chi connectivity index (χ1v) is 11.2. The van der Waals surface area contributed by atoms with Crippen molar-refractivity contribution >= 4 is 33.1 Å². The Morgan fingerprint density at radius 1 is 1.12 bits per heavy atom. The number of likely N-dealkylation sites (tertiary alicyclic amines) is 1. The highest BCUT2D eigenvalue weighted by Gasteiger charge is 2.19. The Kier molecular flexibility index (Phi) is 5.45. The predicted molar refractivity (Wildman–Crippen MR) is 123 cm³/mol. The molecule has 6 nitrogen and oxygen atoms in total. The first-order chi connectivity index (χ1) is 15.6. The fourth-order valence-corrected chi connectivity index (χ4v) is 4.80. The molecule has 0 atom stereocenters. The van der Waals surface area contributed by atoms with E-state index < -0.39 is 5.82 Å². The van der Waals surface area contributed by atoms with E-state index in [1.165, 1.54) is 23.5 Å². The van der Waals surface area contributed by atoms with Crippen LogP contribution in [-0.2, 0) is 11.2 Å². The Balaban J connectivity index is 1.35. The Hall–Kier alpha value is -3.52. The minimum absolute atomic E-state index is 0.112. The van der Waals surface area contributed by atoms with Crippen molar-refractivity contribution in [3.63, 3.8) is 0 Å². The molecule has 3 aromatic heterocycles. The summed E-state index contributed by atoms with van der Waals surface area (Å²) in [5.74, 6) is 0.367. The van der Waals surface area contributed by atoms with Gasteiger partial charge < -0.3 is 15.4 Å². The lowest BCUT2D eigenvalue weighted by molar-refractivity contribution is -0.127. The van der Waals surface area contributed by atoms with Crippen molar-refractivity contribution in [1.82, 2.24) is 14.9 Å². The molecule has 8 heteroatoms. The lowest BCUT2D eigenvalue weighted by Gasteiger charge is -2.14. The number of thiophene rings is 1. The summed E-state index contributed by atoms with van der Waals surface area (Å²) in [7, 11) is 0. The number of carbonyl (C=O) groups is 1. The number of rotatable bonds is 6. The van der Waals surface area contributed by atoms with E-state index in [1.807, 2.05) is 29.3 Å². The van der Waals surface area contributed by atoms with Gasteiger partial charge in [-0.2, -0.15) is 0 Å². The van der Waals surface area contributed by atoms with Crippen molar-refractivity contribution in [3.05, 3.63) is 66.2 Å². The molecular formula is C24H21FN4O2S. The second-order valence-electron chi connectivity index (χ2n) is 7.71. The monoisotopic (exact) mass is 448 g/mol. The van der Waals surface area contributed by atoms with E-state index in [9.17, 15) is 9.18 Å². The number of aromatic nitrogens is 2. The molecule has 1 amide bonds. The molecule has 4 heterocycles. The largest absolute Gasteiger partial charge is 0.453 e. The first kappa shape index (κ1) is 20.4. The molecule has 1 fully saturated rings. The van der Waals surface area contributed by atoms with Gasteiger partial charge in [-0.05, 0) is 42.7 Å². The molecule has 1 aromatic carbocycles. The molecule has 5 rings (SSSR count). The number of fused-ring (bicyclic) bond motifs is 1. The van der Waals surface area contributed by atoms with Crippen molar-refractivity contribution in [1.29, 1.82) is 0 Å². The van der Waals surface area contributed by atoms with Crippen LogP contribution >= 0.6 is 11.3 Å². The van der Waals surface area contributed by atoms with Crippen LogP contribution in [0.3, 0.4) is 0 Å². The van der Waals surface area contributed by atoms with Crippen molar-refractivity contribution < 1.29 is 13.9 Å². The molecular weight excluding hydrogens is 427 g/mol. The number of hydrogen-bond acceptors (Lipinski definition) is 6. The summed E-state index contributed by atoms with van der Waals surface area (Å²) < 4.78 is 20.8. The minimum atomic E-state index is -0.514. The van der Waals surface area contributed by atoms with Gasteiger partial charge in [-0.25, -0.2) is 4.39 Å². The Morgan fingerprint density at radius 2 is 2.03 bits per heavy atom. The Labute approximate surface area is 188 Å². The maximum absolute atomic E-state index is 14.2. The van der Waals surface area contributed by atoms with E-state index in [0.717, 1.165) is 52.3 Å². The van der Waals surface area contributed by atoms with Crippen LogP contribution in [0.15, 0.2) is 54.9 Å². The van der Waals surface area contributed by atoms with E-state index in [-0.39, 0.29) is 11.7 Å². The highest BCUT2D eigenvalue weighted by atomic mass is 32.1. The van der Waals surface area contributed by atoms with Crippen molar-refractivity contribution in [2.24, 2.45) is 0 Å². The number of amides is 1. The first-order valence-electron chi connectivity index (χ1n) is 10.4. The second-order valence-corrected chi connectivity index (χ2v) is 8.76. The topological polar surface area (TPSA) is 81.3 Å². The maximum Gasteiger partial charge on any atom is 0.222 e. The van der Waals surface area contributed by atoms with Gasteiger partial charge in [-0.1, -0.05) is 6.07 Å². The molecule has 0 aliphatic carbocycles. The fourth-order valence-electron chi connectivity index (χ4n) is 3.76. The predicted octanol–water partition coefficient (Wildman–Crippen LogP) is 5.04. The second kappa shape index (κ2) is 8.55. The Morgan fingerprint density at radius 3 is 2.78 bits per heavy atom. The number of pyridine rings is 2. The summed E-state index contributed by atoms with van der Waals surface area (Å²) in [6.07, 6.45) is 5.90. The standard InChI is InChI=1S/C24H21FN4O2S/c25-17-12-16(26)4-6-20(17)31-21-7-9-27-19-13-22(32-24(19)21)18-5-3-15(14-28-18)8-11-29-10-1-2-23(29)30/h3-7,9,12-14H,1-2,8,10-11,26H2. The average Bonchev–Trinajstić information content (AvgIpc) is 3.41. The number of hydrogen-bond donors (Lipinski definition) is 1. The van der Waals surface area contributed by atoms with Gasteiger partial charge in [0, 0.05) is 49.7 Å². The fraction of sp³-hybridized carbons (Fsp3) is 0.208. The van der Waals surface area contributed by atoms with Gasteiger partial charge in [-0.3, -0.25) is 14.8 Å². The molecule has 162 valence electrons. The molecule has 0 bridgehead atoms. The van der Waals surface area contributed by atoms with Gasteiger partial charge >= 0.3 is 0 Å². The van der Waals surface area contributed by atoms with E-state index in [4.69, 9.17) is 10.5 Å². The normalized spacial score (nSPS) is 13.8. The molecule has 2 N–H and O–H groups in total. The van der Waals surface area contributed by atoms with Crippen molar-refractivity contribution in [2.75, 3.05) is 18.8 Å². The minimum Gasteiger partial charge on any atom is -0.453 e. The zero-order chi connectivity index (χ0) is 22.1. The number of anilines is 1. The van der Waals surface area contributed by atoms with Crippen LogP contribution in [0.4, 0.5) is 10.1 Å². The van der Waals surface area contributed by atoms with Crippen LogP contribution in [0.2, 0.25) is 0 Å². The number of ether oxygens (including phenoxy) is 1. The Bertz CT molecular complexity index is 1290. The van der Waals surface area contributed by atoms with Crippen LogP contribution in [0.25, 0.3) is 20.8 Å². The van der Waals surface area contributed by atoms with E-state index in [1.54, 1.807) is 18.3 Å². The smallest absolute Gasteiger partial charge is 0.222 e. The number of nitrogens with two attached hydrogens (primary N) is 1. The number of halogens is 1. The molecule has 0 spiro atoms. The van der Waals surface area contributed by atoms with Crippen molar-refractivity contribution in [2.45, 2.75) is 19.3 Å². The van der Waals surface area contributed by atoms with Crippen LogP contribution in [0, 0.1) is 5.82 Å². The molecule has 4 aromatic rings. The quantitative estimate of drug-likeness (QED) is 0.418. The number of carbonyl (C=O) groups excluding carboxylic acids is 1.